The van der Waals surface area contributed by atoms with Crippen molar-refractivity contribution in [1.82, 2.24) is 10.2 Å². The molecule has 0 saturated heterocycles. The smallest absolute Gasteiger partial charge is 0.255 e. The number of ether oxygens (including phenoxy) is 2. The molecule has 1 fully saturated rings. The predicted molar refractivity (Wildman–Crippen MR) is 106 cm³/mol. The van der Waals surface area contributed by atoms with Crippen LogP contribution in [0, 0.1) is 0 Å². The van der Waals surface area contributed by atoms with Gasteiger partial charge in [0.1, 0.15) is 24.7 Å². The maximum absolute atomic E-state index is 12.6. The van der Waals surface area contributed by atoms with E-state index >= 15 is 0 Å². The van der Waals surface area contributed by atoms with Crippen molar-refractivity contribution in [2.45, 2.75) is 31.8 Å². The van der Waals surface area contributed by atoms with E-state index in [9.17, 15) is 4.79 Å². The molecular weight excluding hydrogens is 340 g/mol. The SMILES string of the molecule is CC(CNC(=O)c1ccccc1OCCOc1ccccc1)N(C)C1CC1. The van der Waals surface area contributed by atoms with Crippen molar-refractivity contribution in [3.8, 4) is 11.5 Å². The Kier molecular flexibility index (Phi) is 6.71. The van der Waals surface area contributed by atoms with Crippen molar-refractivity contribution >= 4 is 5.91 Å². The fraction of sp³-hybridized carbons (Fsp3) is 0.409. The number of para-hydroxylation sites is 2. The molecule has 1 amide bonds. The molecule has 2 aromatic rings. The van der Waals surface area contributed by atoms with Crippen molar-refractivity contribution in [2.75, 3.05) is 26.8 Å². The third-order valence-corrected chi connectivity index (χ3v) is 4.86. The van der Waals surface area contributed by atoms with Crippen molar-refractivity contribution in [3.05, 3.63) is 60.2 Å². The lowest BCUT2D eigenvalue weighted by atomic mass is 10.2. The van der Waals surface area contributed by atoms with E-state index in [2.05, 4.69) is 24.2 Å². The van der Waals surface area contributed by atoms with Gasteiger partial charge in [-0.05, 0) is 51.1 Å². The van der Waals surface area contributed by atoms with Crippen LogP contribution in [0.5, 0.6) is 11.5 Å². The molecule has 0 spiro atoms. The van der Waals surface area contributed by atoms with Gasteiger partial charge in [-0.25, -0.2) is 0 Å². The van der Waals surface area contributed by atoms with E-state index in [1.54, 1.807) is 6.07 Å². The second kappa shape index (κ2) is 9.42. The van der Waals surface area contributed by atoms with Crippen LogP contribution in [0.15, 0.2) is 54.6 Å². The third-order valence-electron chi connectivity index (χ3n) is 4.86. The Hall–Kier alpha value is -2.53. The minimum Gasteiger partial charge on any atom is -0.490 e. The summed E-state index contributed by atoms with van der Waals surface area (Å²) in [5.74, 6) is 1.28. The number of amides is 1. The first kappa shape index (κ1) is 19.2. The molecule has 2 aromatic carbocycles. The molecule has 0 bridgehead atoms. The quantitative estimate of drug-likeness (QED) is 0.654. The molecule has 5 heteroatoms. The standard InChI is InChI=1S/C22H28N2O3/c1-17(24(2)18-12-13-18)16-23-22(25)20-10-6-7-11-21(20)27-15-14-26-19-8-4-3-5-9-19/h3-11,17-18H,12-16H2,1-2H3,(H,23,25). The number of rotatable bonds is 10. The summed E-state index contributed by atoms with van der Waals surface area (Å²) >= 11 is 0. The molecule has 144 valence electrons. The Bertz CT molecular complexity index is 731. The highest BCUT2D eigenvalue weighted by Crippen LogP contribution is 2.26. The number of hydrogen-bond donors (Lipinski definition) is 1. The molecule has 5 nitrogen and oxygen atoms in total. The van der Waals surface area contributed by atoms with Crippen LogP contribution in [0.3, 0.4) is 0 Å². The Morgan fingerprint density at radius 2 is 1.74 bits per heavy atom. The summed E-state index contributed by atoms with van der Waals surface area (Å²) in [6.07, 6.45) is 2.52. The molecule has 0 heterocycles. The van der Waals surface area contributed by atoms with Gasteiger partial charge in [0.15, 0.2) is 0 Å². The van der Waals surface area contributed by atoms with Gasteiger partial charge in [0.2, 0.25) is 0 Å². The summed E-state index contributed by atoms with van der Waals surface area (Å²) < 4.78 is 11.4. The summed E-state index contributed by atoms with van der Waals surface area (Å²) in [6, 6.07) is 17.9. The van der Waals surface area contributed by atoms with Gasteiger partial charge in [-0.2, -0.15) is 0 Å². The molecule has 0 aliphatic heterocycles. The van der Waals surface area contributed by atoms with Crippen LogP contribution >= 0.6 is 0 Å². The highest BCUT2D eigenvalue weighted by Gasteiger charge is 2.29. The summed E-state index contributed by atoms with van der Waals surface area (Å²) in [5, 5.41) is 3.03. The maximum atomic E-state index is 12.6. The number of likely N-dealkylation sites (N-methyl/N-ethyl adjacent to an activating group) is 1. The normalized spacial score (nSPS) is 14.6. The first-order valence-electron chi connectivity index (χ1n) is 9.55. The van der Waals surface area contributed by atoms with Gasteiger partial charge in [0, 0.05) is 18.6 Å². The maximum Gasteiger partial charge on any atom is 0.255 e. The molecule has 1 aliphatic rings. The van der Waals surface area contributed by atoms with Crippen LogP contribution < -0.4 is 14.8 Å². The van der Waals surface area contributed by atoms with Crippen LogP contribution in [0.4, 0.5) is 0 Å². The van der Waals surface area contributed by atoms with E-state index in [-0.39, 0.29) is 5.91 Å². The lowest BCUT2D eigenvalue weighted by Gasteiger charge is -2.24. The third kappa shape index (κ3) is 5.73. The molecule has 1 saturated carbocycles. The summed E-state index contributed by atoms with van der Waals surface area (Å²) in [7, 11) is 2.12. The molecule has 3 rings (SSSR count). The minimum atomic E-state index is -0.106. The van der Waals surface area contributed by atoms with Crippen molar-refractivity contribution < 1.29 is 14.3 Å². The van der Waals surface area contributed by atoms with Gasteiger partial charge in [-0.15, -0.1) is 0 Å². The molecule has 1 N–H and O–H groups in total. The lowest BCUT2D eigenvalue weighted by molar-refractivity contribution is 0.0934. The Morgan fingerprint density at radius 3 is 2.48 bits per heavy atom. The second-order valence-corrected chi connectivity index (χ2v) is 6.96. The first-order chi connectivity index (χ1) is 13.1. The zero-order valence-corrected chi connectivity index (χ0v) is 16.1. The van der Waals surface area contributed by atoms with Gasteiger partial charge in [0.05, 0.1) is 5.56 Å². The lowest BCUT2D eigenvalue weighted by Crippen LogP contribution is -2.41. The zero-order valence-electron chi connectivity index (χ0n) is 16.1. The zero-order chi connectivity index (χ0) is 19.1. The van der Waals surface area contributed by atoms with Crippen LogP contribution in [-0.2, 0) is 0 Å². The number of carbonyl (C=O) groups excluding carboxylic acids is 1. The number of carbonyl (C=O) groups is 1. The monoisotopic (exact) mass is 368 g/mol. The van der Waals surface area contributed by atoms with E-state index in [1.807, 2.05) is 48.5 Å². The van der Waals surface area contributed by atoms with E-state index in [1.165, 1.54) is 12.8 Å². The number of nitrogens with one attached hydrogen (secondary N) is 1. The summed E-state index contributed by atoms with van der Waals surface area (Å²) in [6.45, 7) is 3.56. The number of benzene rings is 2. The van der Waals surface area contributed by atoms with Crippen LogP contribution in [-0.4, -0.2) is 49.7 Å². The predicted octanol–water partition coefficient (Wildman–Crippen LogP) is 3.36. The van der Waals surface area contributed by atoms with E-state index in [4.69, 9.17) is 9.47 Å². The topological polar surface area (TPSA) is 50.8 Å². The van der Waals surface area contributed by atoms with Crippen LogP contribution in [0.2, 0.25) is 0 Å². The van der Waals surface area contributed by atoms with Gasteiger partial charge in [-0.1, -0.05) is 30.3 Å². The fourth-order valence-electron chi connectivity index (χ4n) is 2.93. The molecule has 1 aliphatic carbocycles. The van der Waals surface area contributed by atoms with E-state index in [0.29, 0.717) is 43.2 Å². The van der Waals surface area contributed by atoms with Gasteiger partial charge < -0.3 is 14.8 Å². The van der Waals surface area contributed by atoms with Crippen molar-refractivity contribution in [3.63, 3.8) is 0 Å². The summed E-state index contributed by atoms with van der Waals surface area (Å²) in [4.78, 5) is 14.9. The molecule has 1 atom stereocenters. The molecule has 1 unspecified atom stereocenters. The highest BCUT2D eigenvalue weighted by molar-refractivity contribution is 5.96. The fourth-order valence-corrected chi connectivity index (χ4v) is 2.93. The average Bonchev–Trinajstić information content (AvgIpc) is 3.55. The Morgan fingerprint density at radius 1 is 1.07 bits per heavy atom. The Labute approximate surface area is 161 Å². The minimum absolute atomic E-state index is 0.106. The van der Waals surface area contributed by atoms with Gasteiger partial charge in [-0.3, -0.25) is 9.69 Å². The van der Waals surface area contributed by atoms with Crippen molar-refractivity contribution in [1.29, 1.82) is 0 Å². The average molecular weight is 368 g/mol. The number of hydrogen-bond acceptors (Lipinski definition) is 4. The first-order valence-corrected chi connectivity index (χ1v) is 9.55. The largest absolute Gasteiger partial charge is 0.490 e. The Balaban J connectivity index is 1.48. The highest BCUT2D eigenvalue weighted by atomic mass is 16.5. The van der Waals surface area contributed by atoms with Gasteiger partial charge >= 0.3 is 0 Å². The molecule has 27 heavy (non-hydrogen) atoms. The second-order valence-electron chi connectivity index (χ2n) is 6.96. The molecule has 0 aromatic heterocycles. The molecular formula is C22H28N2O3. The van der Waals surface area contributed by atoms with E-state index < -0.39 is 0 Å². The molecule has 0 radical (unpaired) electrons. The van der Waals surface area contributed by atoms with Gasteiger partial charge in [0.25, 0.3) is 5.91 Å². The van der Waals surface area contributed by atoms with E-state index in [0.717, 1.165) is 5.75 Å². The van der Waals surface area contributed by atoms with Crippen LogP contribution in [0.25, 0.3) is 0 Å². The number of nitrogens with zero attached hydrogens (tertiary/aromatic N) is 1. The van der Waals surface area contributed by atoms with Crippen molar-refractivity contribution in [2.24, 2.45) is 0 Å². The summed E-state index contributed by atoms with van der Waals surface area (Å²) in [5.41, 5.74) is 0.554. The van der Waals surface area contributed by atoms with Crippen LogP contribution in [0.1, 0.15) is 30.1 Å².